The van der Waals surface area contributed by atoms with Crippen LogP contribution in [0.4, 0.5) is 4.79 Å². The Morgan fingerprint density at radius 3 is 2.52 bits per heavy atom. The van der Waals surface area contributed by atoms with Crippen LogP contribution in [0.25, 0.3) is 0 Å². The third-order valence-corrected chi connectivity index (χ3v) is 4.62. The summed E-state index contributed by atoms with van der Waals surface area (Å²) in [5, 5.41) is 6.46. The predicted molar refractivity (Wildman–Crippen MR) is 107 cm³/mol. The van der Waals surface area contributed by atoms with Gasteiger partial charge in [-0.15, -0.1) is 0 Å². The first-order chi connectivity index (χ1) is 13.0. The smallest absolute Gasteiger partial charge is 0.407 e. The van der Waals surface area contributed by atoms with E-state index >= 15 is 0 Å². The lowest BCUT2D eigenvalue weighted by atomic mass is 10.1. The van der Waals surface area contributed by atoms with Gasteiger partial charge in [-0.3, -0.25) is 4.79 Å². The Kier molecular flexibility index (Phi) is 8.43. The molecular weight excluding hydrogens is 387 g/mol. The van der Waals surface area contributed by atoms with Crippen LogP contribution in [0, 0.1) is 0 Å². The highest BCUT2D eigenvalue weighted by Gasteiger charge is 2.11. The number of nitrogens with one attached hydrogen (secondary N) is 2. The average molecular weight is 409 g/mol. The van der Waals surface area contributed by atoms with Gasteiger partial charge in [-0.2, -0.15) is 0 Å². The van der Waals surface area contributed by atoms with E-state index in [4.69, 9.17) is 27.9 Å². The van der Waals surface area contributed by atoms with Crippen molar-refractivity contribution in [3.63, 3.8) is 0 Å². The van der Waals surface area contributed by atoms with E-state index in [1.54, 1.807) is 12.1 Å². The van der Waals surface area contributed by atoms with E-state index in [9.17, 15) is 9.59 Å². The number of amides is 2. The molecule has 0 aliphatic heterocycles. The lowest BCUT2D eigenvalue weighted by Crippen LogP contribution is -2.29. The summed E-state index contributed by atoms with van der Waals surface area (Å²) in [7, 11) is 0. The summed E-state index contributed by atoms with van der Waals surface area (Å²) in [4.78, 5) is 23.6. The second-order valence-corrected chi connectivity index (χ2v) is 6.87. The summed E-state index contributed by atoms with van der Waals surface area (Å²) in [6, 6.07) is 14.5. The molecule has 2 aromatic rings. The van der Waals surface area contributed by atoms with Gasteiger partial charge in [0.1, 0.15) is 6.61 Å². The van der Waals surface area contributed by atoms with Gasteiger partial charge in [0, 0.05) is 13.0 Å². The number of ether oxygens (including phenoxy) is 1. The average Bonchev–Trinajstić information content (AvgIpc) is 2.66. The lowest BCUT2D eigenvalue weighted by Gasteiger charge is -2.15. The van der Waals surface area contributed by atoms with Crippen LogP contribution in [0.5, 0.6) is 0 Å². The van der Waals surface area contributed by atoms with Crippen LogP contribution in [-0.4, -0.2) is 18.5 Å². The highest BCUT2D eigenvalue weighted by Crippen LogP contribution is 2.25. The number of carbonyl (C=O) groups is 2. The molecule has 144 valence electrons. The summed E-state index contributed by atoms with van der Waals surface area (Å²) < 4.78 is 5.10. The number of benzene rings is 2. The van der Waals surface area contributed by atoms with E-state index in [0.29, 0.717) is 29.4 Å². The van der Waals surface area contributed by atoms with E-state index in [2.05, 4.69) is 10.6 Å². The number of carbonyl (C=O) groups excluding carboxylic acids is 2. The van der Waals surface area contributed by atoms with Crippen LogP contribution < -0.4 is 10.6 Å². The highest BCUT2D eigenvalue weighted by molar-refractivity contribution is 6.42. The molecular formula is C20H22Cl2N2O3. The van der Waals surface area contributed by atoms with Gasteiger partial charge >= 0.3 is 6.09 Å². The maximum absolute atomic E-state index is 12.0. The van der Waals surface area contributed by atoms with Crippen molar-refractivity contribution in [3.05, 3.63) is 69.7 Å². The highest BCUT2D eigenvalue weighted by atomic mass is 35.5. The molecule has 0 spiro atoms. The van der Waals surface area contributed by atoms with Crippen molar-refractivity contribution in [1.29, 1.82) is 0 Å². The van der Waals surface area contributed by atoms with Crippen molar-refractivity contribution < 1.29 is 14.3 Å². The van der Waals surface area contributed by atoms with E-state index < -0.39 is 6.09 Å². The molecule has 7 heteroatoms. The minimum Gasteiger partial charge on any atom is -0.445 e. The van der Waals surface area contributed by atoms with Crippen LogP contribution in [0.2, 0.25) is 10.0 Å². The second kappa shape index (κ2) is 10.8. The third-order valence-electron chi connectivity index (χ3n) is 3.88. The zero-order valence-electron chi connectivity index (χ0n) is 15.0. The molecule has 5 nitrogen and oxygen atoms in total. The summed E-state index contributed by atoms with van der Waals surface area (Å²) in [5.74, 6) is -0.104. The predicted octanol–water partition coefficient (Wildman–Crippen LogP) is 4.88. The normalized spacial score (nSPS) is 11.5. The van der Waals surface area contributed by atoms with Gasteiger partial charge in [0.05, 0.1) is 16.1 Å². The maximum Gasteiger partial charge on any atom is 0.407 e. The Labute approximate surface area is 169 Å². The number of rotatable bonds is 8. The quantitative estimate of drug-likeness (QED) is 0.611. The molecule has 0 radical (unpaired) electrons. The molecule has 2 N–H and O–H groups in total. The molecule has 0 heterocycles. The Morgan fingerprint density at radius 2 is 1.81 bits per heavy atom. The molecule has 1 atom stereocenters. The lowest BCUT2D eigenvalue weighted by molar-refractivity contribution is -0.121. The molecule has 0 saturated heterocycles. The van der Waals surface area contributed by atoms with Crippen molar-refractivity contribution in [2.75, 3.05) is 6.54 Å². The number of alkyl carbamates (subject to hydrolysis) is 1. The first-order valence-corrected chi connectivity index (χ1v) is 9.40. The molecule has 0 saturated carbocycles. The fraction of sp³-hybridized carbons (Fsp3) is 0.300. The molecule has 0 aromatic heterocycles. The largest absolute Gasteiger partial charge is 0.445 e. The van der Waals surface area contributed by atoms with Crippen molar-refractivity contribution in [2.45, 2.75) is 32.4 Å². The molecule has 0 aliphatic carbocycles. The second-order valence-electron chi connectivity index (χ2n) is 6.05. The Hall–Kier alpha value is -2.24. The minimum absolute atomic E-state index is 0.104. The van der Waals surface area contributed by atoms with Crippen molar-refractivity contribution in [2.24, 2.45) is 0 Å². The first kappa shape index (κ1) is 21.1. The zero-order chi connectivity index (χ0) is 19.6. The minimum atomic E-state index is -0.497. The standard InChI is InChI=1S/C20H22Cl2N2O3/c1-14(16-9-10-17(21)18(22)12-16)24-19(25)8-5-11-23-20(26)27-13-15-6-3-2-4-7-15/h2-4,6-7,9-10,12,14H,5,8,11,13H2,1H3,(H,23,26)(H,24,25). The van der Waals surface area contributed by atoms with Crippen LogP contribution in [-0.2, 0) is 16.1 Å². The van der Waals surface area contributed by atoms with Gasteiger partial charge < -0.3 is 15.4 Å². The molecule has 0 bridgehead atoms. The van der Waals surface area contributed by atoms with Gasteiger partial charge in [-0.1, -0.05) is 59.6 Å². The van der Waals surface area contributed by atoms with Gasteiger partial charge in [0.15, 0.2) is 0 Å². The van der Waals surface area contributed by atoms with Crippen LogP contribution in [0.3, 0.4) is 0 Å². The van der Waals surface area contributed by atoms with Gasteiger partial charge in [0.25, 0.3) is 0 Å². The Balaban J connectivity index is 1.62. The Morgan fingerprint density at radius 1 is 1.07 bits per heavy atom. The van der Waals surface area contributed by atoms with Crippen molar-refractivity contribution in [1.82, 2.24) is 10.6 Å². The first-order valence-electron chi connectivity index (χ1n) is 8.64. The van der Waals surface area contributed by atoms with E-state index in [1.165, 1.54) is 0 Å². The third kappa shape index (κ3) is 7.49. The molecule has 2 aromatic carbocycles. The van der Waals surface area contributed by atoms with Crippen LogP contribution >= 0.6 is 23.2 Å². The number of halogens is 2. The molecule has 2 amide bonds. The van der Waals surface area contributed by atoms with Crippen molar-refractivity contribution in [3.8, 4) is 0 Å². The fourth-order valence-electron chi connectivity index (χ4n) is 2.39. The van der Waals surface area contributed by atoms with E-state index in [-0.39, 0.29) is 18.6 Å². The molecule has 27 heavy (non-hydrogen) atoms. The molecule has 0 fully saturated rings. The topological polar surface area (TPSA) is 67.4 Å². The monoisotopic (exact) mass is 408 g/mol. The number of hydrogen-bond donors (Lipinski definition) is 2. The summed E-state index contributed by atoms with van der Waals surface area (Å²) in [5.41, 5.74) is 1.80. The van der Waals surface area contributed by atoms with E-state index in [0.717, 1.165) is 11.1 Å². The van der Waals surface area contributed by atoms with Gasteiger partial charge in [-0.05, 0) is 36.6 Å². The SMILES string of the molecule is CC(NC(=O)CCCNC(=O)OCc1ccccc1)c1ccc(Cl)c(Cl)c1. The van der Waals surface area contributed by atoms with Gasteiger partial charge in [-0.25, -0.2) is 4.79 Å². The summed E-state index contributed by atoms with van der Waals surface area (Å²) in [6.45, 7) is 2.45. The summed E-state index contributed by atoms with van der Waals surface area (Å²) >= 11 is 11.9. The Bertz CT molecular complexity index is 769. The zero-order valence-corrected chi connectivity index (χ0v) is 16.5. The maximum atomic E-state index is 12.0. The number of hydrogen-bond acceptors (Lipinski definition) is 3. The van der Waals surface area contributed by atoms with Crippen molar-refractivity contribution >= 4 is 35.2 Å². The van der Waals surface area contributed by atoms with Gasteiger partial charge in [0.2, 0.25) is 5.91 Å². The van der Waals surface area contributed by atoms with E-state index in [1.807, 2.05) is 43.3 Å². The molecule has 2 rings (SSSR count). The molecule has 0 aliphatic rings. The van der Waals surface area contributed by atoms with Crippen LogP contribution in [0.1, 0.15) is 36.9 Å². The molecule has 1 unspecified atom stereocenters. The fourth-order valence-corrected chi connectivity index (χ4v) is 2.70. The summed E-state index contributed by atoms with van der Waals surface area (Å²) in [6.07, 6.45) is 0.314. The van der Waals surface area contributed by atoms with Crippen LogP contribution in [0.15, 0.2) is 48.5 Å².